The summed E-state index contributed by atoms with van der Waals surface area (Å²) in [7, 11) is -2.01. The number of rotatable bonds is 7. The monoisotopic (exact) mass is 352 g/mol. The van der Waals surface area contributed by atoms with Gasteiger partial charge >= 0.3 is 0 Å². The number of likely N-dealkylation sites (N-methyl/N-ethyl adjacent to an activating group) is 1. The topological polar surface area (TPSA) is 96.6 Å². The van der Waals surface area contributed by atoms with Gasteiger partial charge in [0.05, 0.1) is 6.26 Å². The molecule has 24 heavy (non-hydrogen) atoms. The molecular weight excluding hydrogens is 332 g/mol. The molecule has 0 atom stereocenters. The van der Waals surface area contributed by atoms with E-state index in [1.165, 1.54) is 11.0 Å². The maximum absolute atomic E-state index is 12.4. The van der Waals surface area contributed by atoms with Crippen LogP contribution in [0.1, 0.15) is 11.3 Å². The van der Waals surface area contributed by atoms with Gasteiger partial charge in [-0.3, -0.25) is 9.78 Å². The Morgan fingerprint density at radius 1 is 1.29 bits per heavy atom. The Morgan fingerprint density at radius 2 is 1.96 bits per heavy atom. The van der Waals surface area contributed by atoms with Gasteiger partial charge in [0.15, 0.2) is 5.82 Å². The Bertz CT molecular complexity index is 789. The highest BCUT2D eigenvalue weighted by molar-refractivity contribution is 7.92. The molecule has 0 aliphatic heterocycles. The van der Waals surface area contributed by atoms with Gasteiger partial charge in [-0.15, -0.1) is 0 Å². The van der Waals surface area contributed by atoms with Crippen molar-refractivity contribution in [1.82, 2.24) is 15.0 Å². The van der Waals surface area contributed by atoms with Crippen molar-refractivity contribution in [3.05, 3.63) is 41.9 Å². The van der Waals surface area contributed by atoms with E-state index in [-0.39, 0.29) is 18.3 Å². The predicted molar refractivity (Wildman–Crippen MR) is 89.0 cm³/mol. The van der Waals surface area contributed by atoms with Crippen LogP contribution in [0.2, 0.25) is 0 Å². The molecule has 130 valence electrons. The minimum absolute atomic E-state index is 0.103. The van der Waals surface area contributed by atoms with Gasteiger partial charge in [0.25, 0.3) is 0 Å². The lowest BCUT2D eigenvalue weighted by Gasteiger charge is -2.23. The van der Waals surface area contributed by atoms with Gasteiger partial charge in [-0.25, -0.2) is 12.7 Å². The Labute approximate surface area is 141 Å². The molecular formula is C15H20N4O4S. The molecule has 8 nitrogen and oxygen atoms in total. The van der Waals surface area contributed by atoms with Crippen LogP contribution in [0.25, 0.3) is 0 Å². The first-order valence-corrected chi connectivity index (χ1v) is 9.16. The molecule has 0 aliphatic carbocycles. The number of hydrogen-bond acceptors (Lipinski definition) is 6. The number of amides is 1. The number of sulfonamides is 1. The molecule has 2 rings (SSSR count). The van der Waals surface area contributed by atoms with Crippen LogP contribution in [0.15, 0.2) is 35.1 Å². The van der Waals surface area contributed by atoms with Crippen molar-refractivity contribution < 1.29 is 17.7 Å². The second-order valence-electron chi connectivity index (χ2n) is 5.49. The third kappa shape index (κ3) is 4.79. The normalized spacial score (nSPS) is 11.3. The fourth-order valence-corrected chi connectivity index (χ4v) is 2.82. The second kappa shape index (κ2) is 7.43. The van der Waals surface area contributed by atoms with Crippen molar-refractivity contribution in [2.24, 2.45) is 0 Å². The average molecular weight is 352 g/mol. The number of aryl methyl sites for hydroxylation is 1. The van der Waals surface area contributed by atoms with Crippen molar-refractivity contribution >= 4 is 21.7 Å². The van der Waals surface area contributed by atoms with Crippen LogP contribution in [0.5, 0.6) is 0 Å². The van der Waals surface area contributed by atoms with Crippen molar-refractivity contribution in [3.8, 4) is 0 Å². The van der Waals surface area contributed by atoms with E-state index in [0.717, 1.165) is 16.1 Å². The first-order valence-electron chi connectivity index (χ1n) is 7.31. The van der Waals surface area contributed by atoms with Crippen LogP contribution in [0.4, 0.5) is 5.82 Å². The molecule has 0 aromatic carbocycles. The number of aromatic nitrogens is 2. The second-order valence-corrected chi connectivity index (χ2v) is 7.39. The van der Waals surface area contributed by atoms with E-state index in [2.05, 4.69) is 10.1 Å². The quantitative estimate of drug-likeness (QED) is 0.733. The average Bonchev–Trinajstić information content (AvgIpc) is 2.95. The molecule has 9 heteroatoms. The van der Waals surface area contributed by atoms with Crippen LogP contribution in [0.3, 0.4) is 0 Å². The molecule has 2 aromatic heterocycles. The summed E-state index contributed by atoms with van der Waals surface area (Å²) in [5, 5.41) is 3.68. The van der Waals surface area contributed by atoms with E-state index in [1.807, 2.05) is 12.1 Å². The van der Waals surface area contributed by atoms with Gasteiger partial charge in [-0.05, 0) is 31.0 Å². The Morgan fingerprint density at radius 3 is 2.50 bits per heavy atom. The molecule has 0 spiro atoms. The predicted octanol–water partition coefficient (Wildman–Crippen LogP) is 0.845. The van der Waals surface area contributed by atoms with Crippen LogP contribution in [-0.4, -0.2) is 55.8 Å². The minimum Gasteiger partial charge on any atom is -0.360 e. The van der Waals surface area contributed by atoms with Crippen LogP contribution in [-0.2, 0) is 21.2 Å². The molecule has 0 aliphatic rings. The lowest BCUT2D eigenvalue weighted by Crippen LogP contribution is -2.42. The number of nitrogens with zero attached hydrogens (tertiary/aromatic N) is 4. The zero-order valence-corrected chi connectivity index (χ0v) is 14.7. The van der Waals surface area contributed by atoms with Crippen LogP contribution >= 0.6 is 0 Å². The fourth-order valence-electron chi connectivity index (χ4n) is 2.05. The Kier molecular flexibility index (Phi) is 5.55. The number of carbonyl (C=O) groups is 1. The molecule has 0 unspecified atom stereocenters. The molecule has 0 bridgehead atoms. The van der Waals surface area contributed by atoms with Crippen LogP contribution < -0.4 is 4.31 Å². The number of anilines is 1. The van der Waals surface area contributed by atoms with E-state index in [1.54, 1.807) is 26.4 Å². The third-order valence-electron chi connectivity index (χ3n) is 3.46. The third-order valence-corrected chi connectivity index (χ3v) is 4.58. The summed E-state index contributed by atoms with van der Waals surface area (Å²) in [6.07, 6.45) is 5.07. The number of pyridine rings is 1. The van der Waals surface area contributed by atoms with E-state index >= 15 is 0 Å². The molecule has 0 saturated heterocycles. The first-order chi connectivity index (χ1) is 11.3. The van der Waals surface area contributed by atoms with Crippen molar-refractivity contribution in [3.63, 3.8) is 0 Å². The van der Waals surface area contributed by atoms with Gasteiger partial charge in [0, 0.05) is 32.1 Å². The molecule has 0 N–H and O–H groups in total. The van der Waals surface area contributed by atoms with E-state index in [0.29, 0.717) is 18.7 Å². The lowest BCUT2D eigenvalue weighted by atomic mass is 10.2. The van der Waals surface area contributed by atoms with E-state index < -0.39 is 10.0 Å². The summed E-state index contributed by atoms with van der Waals surface area (Å²) in [4.78, 5) is 17.8. The molecule has 1 amide bonds. The molecule has 0 fully saturated rings. The highest BCUT2D eigenvalue weighted by atomic mass is 32.2. The summed E-state index contributed by atoms with van der Waals surface area (Å²) in [5.41, 5.74) is 1.05. The molecule has 2 aromatic rings. The summed E-state index contributed by atoms with van der Waals surface area (Å²) in [6, 6.07) is 5.23. The van der Waals surface area contributed by atoms with Crippen molar-refractivity contribution in [2.45, 2.75) is 13.3 Å². The number of carbonyl (C=O) groups excluding carboxylic acids is 1. The van der Waals surface area contributed by atoms with Gasteiger partial charge in [-0.2, -0.15) is 0 Å². The Balaban J connectivity index is 2.02. The minimum atomic E-state index is -3.65. The lowest BCUT2D eigenvalue weighted by molar-refractivity contribution is -0.128. The standard InChI is InChI=1S/C15H20N4O4S/c1-12-10-14(17-23-12)19(24(3,21)22)11-15(20)18(2)9-6-13-4-7-16-8-5-13/h4-5,7-8,10H,6,9,11H2,1-3H3. The van der Waals surface area contributed by atoms with Gasteiger partial charge in [0.1, 0.15) is 12.3 Å². The zero-order valence-electron chi connectivity index (χ0n) is 13.8. The highest BCUT2D eigenvalue weighted by Crippen LogP contribution is 2.17. The molecule has 0 saturated carbocycles. The molecule has 0 radical (unpaired) electrons. The summed E-state index contributed by atoms with van der Waals surface area (Å²) in [6.45, 7) is 1.80. The van der Waals surface area contributed by atoms with E-state index in [4.69, 9.17) is 4.52 Å². The van der Waals surface area contributed by atoms with Crippen molar-refractivity contribution in [2.75, 3.05) is 30.7 Å². The van der Waals surface area contributed by atoms with Gasteiger partial charge in [0.2, 0.25) is 15.9 Å². The van der Waals surface area contributed by atoms with Gasteiger partial charge < -0.3 is 9.42 Å². The number of hydrogen-bond donors (Lipinski definition) is 0. The van der Waals surface area contributed by atoms with Crippen molar-refractivity contribution in [1.29, 1.82) is 0 Å². The Hall–Kier alpha value is -2.42. The molecule has 2 heterocycles. The maximum Gasteiger partial charge on any atom is 0.243 e. The van der Waals surface area contributed by atoms with Crippen LogP contribution in [0, 0.1) is 6.92 Å². The smallest absolute Gasteiger partial charge is 0.243 e. The largest absolute Gasteiger partial charge is 0.360 e. The zero-order chi connectivity index (χ0) is 17.7. The summed E-state index contributed by atoms with van der Waals surface area (Å²) >= 11 is 0. The van der Waals surface area contributed by atoms with E-state index in [9.17, 15) is 13.2 Å². The van der Waals surface area contributed by atoms with Gasteiger partial charge in [-0.1, -0.05) is 5.16 Å². The SMILES string of the molecule is Cc1cc(N(CC(=O)N(C)CCc2ccncc2)S(C)(=O)=O)no1. The fraction of sp³-hybridized carbons (Fsp3) is 0.400. The maximum atomic E-state index is 12.4. The summed E-state index contributed by atoms with van der Waals surface area (Å²) in [5.74, 6) is 0.248. The highest BCUT2D eigenvalue weighted by Gasteiger charge is 2.25. The summed E-state index contributed by atoms with van der Waals surface area (Å²) < 4.78 is 29.7. The first kappa shape index (κ1) is 17.9.